The van der Waals surface area contributed by atoms with Crippen molar-refractivity contribution in [2.45, 2.75) is 38.3 Å². The lowest BCUT2D eigenvalue weighted by atomic mass is 9.95. The molecule has 2 atom stereocenters. The number of methoxy groups -OCH3 is 1. The number of ether oxygens (including phenoxy) is 1. The summed E-state index contributed by atoms with van der Waals surface area (Å²) in [6.07, 6.45) is 5.45. The molecule has 4 heteroatoms. The minimum absolute atomic E-state index is 0.373. The number of pyridine rings is 1. The van der Waals surface area contributed by atoms with Gasteiger partial charge in [-0.25, -0.2) is 4.98 Å². The van der Waals surface area contributed by atoms with Crippen LogP contribution in [0.5, 0.6) is 5.75 Å². The monoisotopic (exact) mass is 285 g/mol. The molecule has 112 valence electrons. The molecule has 0 amide bonds. The van der Waals surface area contributed by atoms with Crippen molar-refractivity contribution in [2.75, 3.05) is 18.6 Å². The van der Waals surface area contributed by atoms with E-state index in [0.29, 0.717) is 18.6 Å². The van der Waals surface area contributed by atoms with E-state index in [9.17, 15) is 0 Å². The van der Waals surface area contributed by atoms with Crippen LogP contribution in [0.1, 0.15) is 26.2 Å². The summed E-state index contributed by atoms with van der Waals surface area (Å²) in [6, 6.07) is 9.00. The van der Waals surface area contributed by atoms with Crippen LogP contribution in [0.3, 0.4) is 0 Å². The summed E-state index contributed by atoms with van der Waals surface area (Å²) in [5.41, 5.74) is 6.00. The van der Waals surface area contributed by atoms with Gasteiger partial charge in [-0.15, -0.1) is 0 Å². The maximum Gasteiger partial charge on any atom is 0.137 e. The van der Waals surface area contributed by atoms with Crippen molar-refractivity contribution in [1.29, 1.82) is 0 Å². The summed E-state index contributed by atoms with van der Waals surface area (Å²) in [5.74, 6) is 1.93. The van der Waals surface area contributed by atoms with Crippen molar-refractivity contribution in [2.24, 2.45) is 5.73 Å². The van der Waals surface area contributed by atoms with Gasteiger partial charge in [-0.1, -0.05) is 12.1 Å². The van der Waals surface area contributed by atoms with E-state index in [1.807, 2.05) is 24.4 Å². The highest BCUT2D eigenvalue weighted by atomic mass is 16.5. The number of fused-ring (bicyclic) bond motifs is 1. The molecule has 1 aromatic heterocycles. The van der Waals surface area contributed by atoms with Gasteiger partial charge < -0.3 is 15.4 Å². The third-order valence-corrected chi connectivity index (χ3v) is 4.51. The van der Waals surface area contributed by atoms with Crippen molar-refractivity contribution >= 4 is 16.6 Å². The molecule has 2 unspecified atom stereocenters. The van der Waals surface area contributed by atoms with Gasteiger partial charge in [0.1, 0.15) is 11.6 Å². The van der Waals surface area contributed by atoms with Gasteiger partial charge in [0.05, 0.1) is 7.11 Å². The van der Waals surface area contributed by atoms with E-state index in [2.05, 4.69) is 22.9 Å². The Bertz CT molecular complexity index is 628. The highest BCUT2D eigenvalue weighted by Crippen LogP contribution is 2.35. The van der Waals surface area contributed by atoms with Crippen LogP contribution < -0.4 is 15.4 Å². The number of nitrogens with zero attached hydrogens (tertiary/aromatic N) is 2. The minimum atomic E-state index is 0.373. The molecule has 0 bridgehead atoms. The van der Waals surface area contributed by atoms with Crippen LogP contribution in [0.15, 0.2) is 30.5 Å². The summed E-state index contributed by atoms with van der Waals surface area (Å²) in [6.45, 7) is 2.94. The lowest BCUT2D eigenvalue weighted by molar-refractivity contribution is 0.398. The average Bonchev–Trinajstić information content (AvgIpc) is 2.53. The summed E-state index contributed by atoms with van der Waals surface area (Å²) in [4.78, 5) is 7.08. The number of hydrogen-bond acceptors (Lipinski definition) is 4. The fraction of sp³-hybridized carbons (Fsp3) is 0.471. The van der Waals surface area contributed by atoms with E-state index >= 15 is 0 Å². The molecular weight excluding hydrogens is 262 g/mol. The molecule has 0 spiro atoms. The SMILES string of the molecule is COc1cccc2c(N3C(C)CCCC3CN)nccc12. The largest absolute Gasteiger partial charge is 0.496 e. The van der Waals surface area contributed by atoms with Crippen LogP contribution in [0.2, 0.25) is 0 Å². The first-order chi connectivity index (χ1) is 10.3. The Morgan fingerprint density at radius 1 is 1.29 bits per heavy atom. The Labute approximate surface area is 125 Å². The molecule has 4 nitrogen and oxygen atoms in total. The van der Waals surface area contributed by atoms with Gasteiger partial charge >= 0.3 is 0 Å². The van der Waals surface area contributed by atoms with Crippen molar-refractivity contribution in [3.05, 3.63) is 30.5 Å². The molecular formula is C17H23N3O. The van der Waals surface area contributed by atoms with Gasteiger partial charge in [0, 0.05) is 35.6 Å². The Balaban J connectivity index is 2.15. The molecule has 1 saturated heterocycles. The van der Waals surface area contributed by atoms with Gasteiger partial charge in [0.25, 0.3) is 0 Å². The van der Waals surface area contributed by atoms with Crippen molar-refractivity contribution in [3.63, 3.8) is 0 Å². The fourth-order valence-corrected chi connectivity index (χ4v) is 3.45. The minimum Gasteiger partial charge on any atom is -0.496 e. The molecule has 0 aliphatic carbocycles. The van der Waals surface area contributed by atoms with Gasteiger partial charge in [-0.3, -0.25) is 0 Å². The summed E-state index contributed by atoms with van der Waals surface area (Å²) < 4.78 is 5.48. The van der Waals surface area contributed by atoms with Crippen LogP contribution in [-0.2, 0) is 0 Å². The molecule has 0 radical (unpaired) electrons. The summed E-state index contributed by atoms with van der Waals surface area (Å²) in [7, 11) is 1.71. The predicted molar refractivity (Wildman–Crippen MR) is 86.9 cm³/mol. The maximum atomic E-state index is 6.00. The van der Waals surface area contributed by atoms with Crippen molar-refractivity contribution < 1.29 is 4.74 Å². The molecule has 21 heavy (non-hydrogen) atoms. The zero-order valence-corrected chi connectivity index (χ0v) is 12.7. The van der Waals surface area contributed by atoms with Crippen LogP contribution in [-0.4, -0.2) is 30.7 Å². The standard InChI is InChI=1S/C17H23N3O/c1-12-5-3-6-13(11-18)20(12)17-15-7-4-8-16(21-2)14(15)9-10-19-17/h4,7-10,12-13H,3,5-6,11,18H2,1-2H3. The lowest BCUT2D eigenvalue weighted by Gasteiger charge is -2.41. The highest BCUT2D eigenvalue weighted by Gasteiger charge is 2.29. The van der Waals surface area contributed by atoms with Gasteiger partial charge in [-0.05, 0) is 38.3 Å². The van der Waals surface area contributed by atoms with Crippen LogP contribution in [0, 0.1) is 0 Å². The molecule has 1 fully saturated rings. The van der Waals surface area contributed by atoms with Crippen molar-refractivity contribution in [3.8, 4) is 5.75 Å². The molecule has 2 heterocycles. The van der Waals surface area contributed by atoms with Crippen LogP contribution >= 0.6 is 0 Å². The van der Waals surface area contributed by atoms with E-state index in [4.69, 9.17) is 10.5 Å². The first-order valence-corrected chi connectivity index (χ1v) is 7.66. The number of hydrogen-bond donors (Lipinski definition) is 1. The first-order valence-electron chi connectivity index (χ1n) is 7.66. The van der Waals surface area contributed by atoms with Crippen molar-refractivity contribution in [1.82, 2.24) is 4.98 Å². The third kappa shape index (κ3) is 2.44. The Morgan fingerprint density at radius 2 is 2.14 bits per heavy atom. The second kappa shape index (κ2) is 5.90. The smallest absolute Gasteiger partial charge is 0.137 e. The van der Waals surface area contributed by atoms with E-state index in [1.165, 1.54) is 12.8 Å². The lowest BCUT2D eigenvalue weighted by Crippen LogP contribution is -2.49. The second-order valence-corrected chi connectivity index (χ2v) is 5.77. The highest BCUT2D eigenvalue weighted by molar-refractivity contribution is 5.96. The zero-order valence-electron chi connectivity index (χ0n) is 12.7. The molecule has 1 aliphatic heterocycles. The number of rotatable bonds is 3. The van der Waals surface area contributed by atoms with Gasteiger partial charge in [0.15, 0.2) is 0 Å². The Morgan fingerprint density at radius 3 is 2.90 bits per heavy atom. The van der Waals surface area contributed by atoms with E-state index in [1.54, 1.807) is 7.11 Å². The second-order valence-electron chi connectivity index (χ2n) is 5.77. The fourth-order valence-electron chi connectivity index (χ4n) is 3.45. The van der Waals surface area contributed by atoms with Crippen LogP contribution in [0.4, 0.5) is 5.82 Å². The van der Waals surface area contributed by atoms with Gasteiger partial charge in [-0.2, -0.15) is 0 Å². The quantitative estimate of drug-likeness (QED) is 0.942. The van der Waals surface area contributed by atoms with Crippen LogP contribution in [0.25, 0.3) is 10.8 Å². The van der Waals surface area contributed by atoms with Gasteiger partial charge in [0.2, 0.25) is 0 Å². The number of aromatic nitrogens is 1. The third-order valence-electron chi connectivity index (χ3n) is 4.51. The van der Waals surface area contributed by atoms with E-state index < -0.39 is 0 Å². The normalized spacial score (nSPS) is 22.5. The molecule has 2 N–H and O–H groups in total. The summed E-state index contributed by atoms with van der Waals surface area (Å²) >= 11 is 0. The average molecular weight is 285 g/mol. The number of benzene rings is 1. The van der Waals surface area contributed by atoms with E-state index in [0.717, 1.165) is 28.8 Å². The number of piperidine rings is 1. The zero-order chi connectivity index (χ0) is 14.8. The first kappa shape index (κ1) is 14.1. The Kier molecular flexibility index (Phi) is 3.97. The number of anilines is 1. The summed E-state index contributed by atoms with van der Waals surface area (Å²) in [5, 5.41) is 2.25. The topological polar surface area (TPSA) is 51.4 Å². The number of nitrogens with two attached hydrogens (primary N) is 1. The molecule has 1 aromatic carbocycles. The molecule has 0 saturated carbocycles. The Hall–Kier alpha value is -1.81. The van der Waals surface area contributed by atoms with E-state index in [-0.39, 0.29) is 0 Å². The molecule has 3 rings (SSSR count). The predicted octanol–water partition coefficient (Wildman–Crippen LogP) is 2.95. The molecule has 2 aromatic rings. The molecule has 1 aliphatic rings. The maximum absolute atomic E-state index is 6.00.